The Morgan fingerprint density at radius 3 is 2.58 bits per heavy atom. The van der Waals surface area contributed by atoms with Crippen LogP contribution in [-0.4, -0.2) is 10.9 Å². The summed E-state index contributed by atoms with van der Waals surface area (Å²) in [5.74, 6) is 0.439. The van der Waals surface area contributed by atoms with Gasteiger partial charge in [0.2, 0.25) is 5.91 Å². The van der Waals surface area contributed by atoms with Crippen LogP contribution in [0, 0.1) is 0 Å². The lowest BCUT2D eigenvalue weighted by Crippen LogP contribution is -2.16. The molecule has 0 bridgehead atoms. The molecule has 1 amide bonds. The van der Waals surface area contributed by atoms with Gasteiger partial charge in [0.1, 0.15) is 5.82 Å². The predicted octanol–water partition coefficient (Wildman–Crippen LogP) is 2.48. The van der Waals surface area contributed by atoms with E-state index in [-0.39, 0.29) is 5.91 Å². The van der Waals surface area contributed by atoms with Crippen LogP contribution in [0.25, 0.3) is 0 Å². The first-order valence-corrected chi connectivity index (χ1v) is 6.66. The van der Waals surface area contributed by atoms with E-state index >= 15 is 0 Å². The minimum Gasteiger partial charge on any atom is -0.326 e. The van der Waals surface area contributed by atoms with E-state index in [1.54, 1.807) is 12.3 Å². The van der Waals surface area contributed by atoms with Gasteiger partial charge in [-0.05, 0) is 39.2 Å². The van der Waals surface area contributed by atoms with Gasteiger partial charge in [0.15, 0.2) is 0 Å². The number of carbonyl (C=O) groups is 1. The molecular formula is C14H14BrN3O. The molecule has 0 fully saturated rings. The van der Waals surface area contributed by atoms with Crippen molar-refractivity contribution in [3.05, 3.63) is 58.2 Å². The summed E-state index contributed by atoms with van der Waals surface area (Å²) in [5.41, 5.74) is 7.58. The van der Waals surface area contributed by atoms with E-state index in [0.717, 1.165) is 15.6 Å². The lowest BCUT2D eigenvalue weighted by Gasteiger charge is -2.08. The molecule has 0 saturated carbocycles. The fourth-order valence-corrected chi connectivity index (χ4v) is 1.97. The monoisotopic (exact) mass is 319 g/mol. The van der Waals surface area contributed by atoms with Crippen molar-refractivity contribution in [2.24, 2.45) is 5.73 Å². The number of aromatic nitrogens is 1. The highest BCUT2D eigenvalue weighted by atomic mass is 79.9. The molecule has 19 heavy (non-hydrogen) atoms. The molecule has 0 aliphatic carbocycles. The van der Waals surface area contributed by atoms with Gasteiger partial charge in [-0.2, -0.15) is 0 Å². The van der Waals surface area contributed by atoms with Gasteiger partial charge in [-0.25, -0.2) is 4.98 Å². The third kappa shape index (κ3) is 3.87. The van der Waals surface area contributed by atoms with Crippen LogP contribution in [0.5, 0.6) is 0 Å². The van der Waals surface area contributed by atoms with Crippen LogP contribution in [0.2, 0.25) is 0 Å². The zero-order valence-corrected chi connectivity index (χ0v) is 11.9. The van der Waals surface area contributed by atoms with E-state index in [4.69, 9.17) is 5.73 Å². The smallest absolute Gasteiger partial charge is 0.229 e. The van der Waals surface area contributed by atoms with Gasteiger partial charge < -0.3 is 11.1 Å². The SMILES string of the molecule is NCc1ccccc1CC(=O)Nc1ccc(Br)cn1. The van der Waals surface area contributed by atoms with Crippen LogP contribution in [0.15, 0.2) is 47.1 Å². The van der Waals surface area contributed by atoms with Gasteiger partial charge in [0.05, 0.1) is 6.42 Å². The second-order valence-electron chi connectivity index (χ2n) is 4.06. The average Bonchev–Trinajstić information content (AvgIpc) is 2.42. The van der Waals surface area contributed by atoms with Crippen molar-refractivity contribution in [2.45, 2.75) is 13.0 Å². The highest BCUT2D eigenvalue weighted by molar-refractivity contribution is 9.10. The summed E-state index contributed by atoms with van der Waals surface area (Å²) in [5, 5.41) is 2.76. The molecule has 0 spiro atoms. The first-order chi connectivity index (χ1) is 9.19. The molecule has 0 aliphatic heterocycles. The highest BCUT2D eigenvalue weighted by Crippen LogP contribution is 2.12. The van der Waals surface area contributed by atoms with Gasteiger partial charge in [0.25, 0.3) is 0 Å². The van der Waals surface area contributed by atoms with Crippen LogP contribution >= 0.6 is 15.9 Å². The molecule has 1 aromatic carbocycles. The number of nitrogens with two attached hydrogens (primary N) is 1. The van der Waals surface area contributed by atoms with E-state index in [1.807, 2.05) is 30.3 Å². The molecule has 2 rings (SSSR count). The van der Waals surface area contributed by atoms with E-state index in [1.165, 1.54) is 0 Å². The summed E-state index contributed by atoms with van der Waals surface area (Å²) in [4.78, 5) is 16.0. The minimum atomic E-state index is -0.101. The third-order valence-corrected chi connectivity index (χ3v) is 3.15. The van der Waals surface area contributed by atoms with Crippen LogP contribution in [-0.2, 0) is 17.8 Å². The fraction of sp³-hybridized carbons (Fsp3) is 0.143. The molecule has 0 radical (unpaired) electrons. The van der Waals surface area contributed by atoms with E-state index in [0.29, 0.717) is 18.8 Å². The maximum absolute atomic E-state index is 11.9. The Morgan fingerprint density at radius 1 is 1.21 bits per heavy atom. The summed E-state index contributed by atoms with van der Waals surface area (Å²) in [6, 6.07) is 11.2. The van der Waals surface area contributed by atoms with Gasteiger partial charge >= 0.3 is 0 Å². The number of nitrogens with zero attached hydrogens (tertiary/aromatic N) is 1. The van der Waals surface area contributed by atoms with Gasteiger partial charge in [-0.15, -0.1) is 0 Å². The number of nitrogens with one attached hydrogen (secondary N) is 1. The van der Waals surface area contributed by atoms with Crippen molar-refractivity contribution in [2.75, 3.05) is 5.32 Å². The fourth-order valence-electron chi connectivity index (χ4n) is 1.74. The molecule has 1 heterocycles. The number of hydrogen-bond acceptors (Lipinski definition) is 3. The number of pyridine rings is 1. The lowest BCUT2D eigenvalue weighted by molar-refractivity contribution is -0.115. The number of anilines is 1. The molecule has 0 atom stereocenters. The molecule has 5 heteroatoms. The molecule has 0 aliphatic rings. The van der Waals surface area contributed by atoms with Crippen molar-refractivity contribution in [3.63, 3.8) is 0 Å². The lowest BCUT2D eigenvalue weighted by atomic mass is 10.0. The van der Waals surface area contributed by atoms with E-state index in [9.17, 15) is 4.79 Å². The maximum atomic E-state index is 11.9. The summed E-state index contributed by atoms with van der Waals surface area (Å²) in [6.45, 7) is 0.431. The standard InChI is InChI=1S/C14H14BrN3O/c15-12-5-6-13(17-9-12)18-14(19)7-10-3-1-2-4-11(10)8-16/h1-6,9H,7-8,16H2,(H,17,18,19). The van der Waals surface area contributed by atoms with Crippen molar-refractivity contribution in [1.29, 1.82) is 0 Å². The topological polar surface area (TPSA) is 68.0 Å². The third-order valence-electron chi connectivity index (χ3n) is 2.68. The number of carbonyl (C=O) groups excluding carboxylic acids is 1. The Morgan fingerprint density at radius 2 is 1.95 bits per heavy atom. The van der Waals surface area contributed by atoms with E-state index < -0.39 is 0 Å². The second-order valence-corrected chi connectivity index (χ2v) is 4.98. The molecular weight excluding hydrogens is 306 g/mol. The quantitative estimate of drug-likeness (QED) is 0.909. The Hall–Kier alpha value is -1.72. The normalized spacial score (nSPS) is 10.2. The van der Waals surface area contributed by atoms with Crippen LogP contribution < -0.4 is 11.1 Å². The average molecular weight is 320 g/mol. The van der Waals surface area contributed by atoms with Crippen molar-refractivity contribution < 1.29 is 4.79 Å². The van der Waals surface area contributed by atoms with Gasteiger partial charge in [0, 0.05) is 17.2 Å². The van der Waals surface area contributed by atoms with Crippen molar-refractivity contribution >= 4 is 27.7 Å². The number of benzene rings is 1. The molecule has 0 saturated heterocycles. The van der Waals surface area contributed by atoms with Crippen molar-refractivity contribution in [3.8, 4) is 0 Å². The zero-order chi connectivity index (χ0) is 13.7. The summed E-state index contributed by atoms with van der Waals surface area (Å²) >= 11 is 3.30. The molecule has 98 valence electrons. The summed E-state index contributed by atoms with van der Waals surface area (Å²) < 4.78 is 0.874. The number of amides is 1. The van der Waals surface area contributed by atoms with Crippen molar-refractivity contribution in [1.82, 2.24) is 4.98 Å². The van der Waals surface area contributed by atoms with Gasteiger partial charge in [-0.1, -0.05) is 24.3 Å². The number of halogens is 1. The Balaban J connectivity index is 2.03. The predicted molar refractivity (Wildman–Crippen MR) is 78.6 cm³/mol. The molecule has 4 nitrogen and oxygen atoms in total. The Bertz CT molecular complexity index is 569. The summed E-state index contributed by atoms with van der Waals surface area (Å²) in [6.07, 6.45) is 1.94. The van der Waals surface area contributed by atoms with E-state index in [2.05, 4.69) is 26.2 Å². The van der Waals surface area contributed by atoms with Crippen LogP contribution in [0.3, 0.4) is 0 Å². The molecule has 0 unspecified atom stereocenters. The highest BCUT2D eigenvalue weighted by Gasteiger charge is 2.07. The number of rotatable bonds is 4. The number of hydrogen-bond donors (Lipinski definition) is 2. The zero-order valence-electron chi connectivity index (χ0n) is 10.3. The first-order valence-electron chi connectivity index (χ1n) is 5.87. The van der Waals surface area contributed by atoms with Gasteiger partial charge in [-0.3, -0.25) is 4.79 Å². The minimum absolute atomic E-state index is 0.101. The largest absolute Gasteiger partial charge is 0.326 e. The first kappa shape index (κ1) is 13.7. The Kier molecular flexibility index (Phi) is 4.65. The molecule has 1 aromatic heterocycles. The van der Waals surface area contributed by atoms with Crippen LogP contribution in [0.1, 0.15) is 11.1 Å². The summed E-state index contributed by atoms with van der Waals surface area (Å²) in [7, 11) is 0. The molecule has 3 N–H and O–H groups in total. The molecule has 2 aromatic rings. The maximum Gasteiger partial charge on any atom is 0.229 e. The Labute approximate surface area is 120 Å². The van der Waals surface area contributed by atoms with Crippen LogP contribution in [0.4, 0.5) is 5.82 Å². The second kappa shape index (κ2) is 6.45.